The first-order chi connectivity index (χ1) is 23.5. The SMILES string of the molecule is CC(C)(C)OC(=O)N1CCC[C@@H](C(=O)NN)C1.CC(C)(C)OC(=O)N1CCC[C@@H](C(=O)O)C1.CCOC(=O)[C@@H]1CCCN(C(=O)OC(C)(C)C)C1. The van der Waals surface area contributed by atoms with Crippen molar-refractivity contribution in [1.29, 1.82) is 0 Å². The van der Waals surface area contributed by atoms with Crippen molar-refractivity contribution in [2.24, 2.45) is 23.6 Å². The summed E-state index contributed by atoms with van der Waals surface area (Å²) >= 11 is 0. The Kier molecular flexibility index (Phi) is 18.0. The number of carbonyl (C=O) groups is 6. The highest BCUT2D eigenvalue weighted by atomic mass is 16.6. The molecule has 3 heterocycles. The predicted octanol–water partition coefficient (Wildman–Crippen LogP) is 4.54. The van der Waals surface area contributed by atoms with Crippen LogP contribution in [0, 0.1) is 17.8 Å². The van der Waals surface area contributed by atoms with Gasteiger partial charge >= 0.3 is 30.2 Å². The maximum atomic E-state index is 11.9. The van der Waals surface area contributed by atoms with Gasteiger partial charge in [-0.2, -0.15) is 0 Å². The largest absolute Gasteiger partial charge is 0.481 e. The normalized spacial score (nSPS) is 21.0. The van der Waals surface area contributed by atoms with E-state index in [1.165, 1.54) is 4.90 Å². The highest BCUT2D eigenvalue weighted by Gasteiger charge is 2.33. The Hall–Kier alpha value is -3.82. The Morgan fingerprint density at radius 2 is 0.961 bits per heavy atom. The summed E-state index contributed by atoms with van der Waals surface area (Å²) in [5.74, 6) is 2.90. The smallest absolute Gasteiger partial charge is 0.410 e. The molecule has 51 heavy (non-hydrogen) atoms. The maximum absolute atomic E-state index is 11.9. The number of hydrazine groups is 1. The van der Waals surface area contributed by atoms with Crippen molar-refractivity contribution in [3.05, 3.63) is 0 Å². The van der Waals surface area contributed by atoms with Gasteiger partial charge in [0, 0.05) is 39.3 Å². The number of likely N-dealkylation sites (tertiary alicyclic amines) is 3. The number of aliphatic carboxylic acids is 1. The van der Waals surface area contributed by atoms with Crippen molar-refractivity contribution in [3.63, 3.8) is 0 Å². The van der Waals surface area contributed by atoms with Gasteiger partial charge in [0.15, 0.2) is 0 Å². The highest BCUT2D eigenvalue weighted by molar-refractivity contribution is 5.79. The lowest BCUT2D eigenvalue weighted by Gasteiger charge is -2.33. The maximum Gasteiger partial charge on any atom is 0.410 e. The molecule has 0 aromatic carbocycles. The number of hydrogen-bond acceptors (Lipinski definition) is 11. The third-order valence-electron chi connectivity index (χ3n) is 7.70. The molecule has 3 saturated heterocycles. The first-order valence-electron chi connectivity index (χ1n) is 17.8. The van der Waals surface area contributed by atoms with Crippen molar-refractivity contribution in [3.8, 4) is 0 Å². The number of piperidine rings is 3. The molecule has 3 aliphatic rings. The lowest BCUT2D eigenvalue weighted by atomic mass is 9.98. The van der Waals surface area contributed by atoms with Crippen molar-refractivity contribution in [2.75, 3.05) is 45.9 Å². The van der Waals surface area contributed by atoms with Crippen LogP contribution in [0.3, 0.4) is 0 Å². The summed E-state index contributed by atoms with van der Waals surface area (Å²) in [6.45, 7) is 21.4. The summed E-state index contributed by atoms with van der Waals surface area (Å²) in [6, 6.07) is 0. The molecule has 294 valence electrons. The van der Waals surface area contributed by atoms with E-state index in [0.717, 1.165) is 32.1 Å². The molecule has 3 rings (SSSR count). The fourth-order valence-corrected chi connectivity index (χ4v) is 5.39. The molecule has 4 N–H and O–H groups in total. The Morgan fingerprint density at radius 3 is 1.29 bits per heavy atom. The fourth-order valence-electron chi connectivity index (χ4n) is 5.39. The van der Waals surface area contributed by atoms with E-state index < -0.39 is 34.8 Å². The number of hydrogen-bond donors (Lipinski definition) is 3. The zero-order valence-corrected chi connectivity index (χ0v) is 32.4. The first-order valence-corrected chi connectivity index (χ1v) is 17.8. The Morgan fingerprint density at radius 1 is 0.627 bits per heavy atom. The molecular formula is C35H63N5O11. The van der Waals surface area contributed by atoms with Crippen LogP contribution in [0.1, 0.15) is 108 Å². The van der Waals surface area contributed by atoms with Gasteiger partial charge in [0.05, 0.1) is 24.4 Å². The van der Waals surface area contributed by atoms with E-state index in [-0.39, 0.29) is 42.4 Å². The van der Waals surface area contributed by atoms with Crippen molar-refractivity contribution in [2.45, 2.75) is 125 Å². The van der Waals surface area contributed by atoms with Gasteiger partial charge in [0.25, 0.3) is 0 Å². The number of ether oxygens (including phenoxy) is 4. The number of nitrogens with one attached hydrogen (secondary N) is 1. The second-order valence-corrected chi connectivity index (χ2v) is 15.9. The Balaban J connectivity index is 0.000000383. The van der Waals surface area contributed by atoms with Crippen LogP contribution in [-0.4, -0.2) is 119 Å². The van der Waals surface area contributed by atoms with Gasteiger partial charge in [0.1, 0.15) is 16.8 Å². The second kappa shape index (κ2) is 20.3. The summed E-state index contributed by atoms with van der Waals surface area (Å²) in [5, 5.41) is 8.89. The van der Waals surface area contributed by atoms with E-state index in [9.17, 15) is 28.8 Å². The molecule has 0 radical (unpaired) electrons. The van der Waals surface area contributed by atoms with Gasteiger partial charge < -0.3 is 38.8 Å². The molecule has 0 bridgehead atoms. The van der Waals surface area contributed by atoms with Crippen LogP contribution in [0.15, 0.2) is 0 Å². The molecule has 16 heteroatoms. The first kappa shape index (κ1) is 45.2. The van der Waals surface area contributed by atoms with Gasteiger partial charge in [0.2, 0.25) is 5.91 Å². The topological polar surface area (TPSA) is 207 Å². The molecule has 4 amide bonds. The summed E-state index contributed by atoms with van der Waals surface area (Å²) in [6.07, 6.45) is 3.34. The average Bonchev–Trinajstić information content (AvgIpc) is 3.03. The van der Waals surface area contributed by atoms with E-state index in [1.54, 1.807) is 37.5 Å². The zero-order chi connectivity index (χ0) is 39.2. The lowest BCUT2D eigenvalue weighted by Crippen LogP contribution is -2.48. The minimum absolute atomic E-state index is 0.216. The molecule has 3 atom stereocenters. The third-order valence-corrected chi connectivity index (χ3v) is 7.70. The van der Waals surface area contributed by atoms with Crippen molar-refractivity contribution < 1.29 is 52.8 Å². The molecule has 16 nitrogen and oxygen atoms in total. The predicted molar refractivity (Wildman–Crippen MR) is 188 cm³/mol. The number of carbonyl (C=O) groups excluding carboxylic acids is 5. The van der Waals surface area contributed by atoms with Crippen LogP contribution in [0.5, 0.6) is 0 Å². The molecule has 0 spiro atoms. The van der Waals surface area contributed by atoms with Crippen LogP contribution in [-0.2, 0) is 33.3 Å². The van der Waals surface area contributed by atoms with Gasteiger partial charge in [-0.15, -0.1) is 0 Å². The molecule has 0 aromatic rings. The average molecular weight is 730 g/mol. The van der Waals surface area contributed by atoms with E-state index in [1.807, 2.05) is 41.5 Å². The molecule has 3 aliphatic heterocycles. The summed E-state index contributed by atoms with van der Waals surface area (Å²) < 4.78 is 20.8. The van der Waals surface area contributed by atoms with E-state index >= 15 is 0 Å². The molecule has 0 aliphatic carbocycles. The number of nitrogens with two attached hydrogens (primary N) is 1. The lowest BCUT2D eigenvalue weighted by molar-refractivity contribution is -0.149. The van der Waals surface area contributed by atoms with Crippen LogP contribution in [0.4, 0.5) is 14.4 Å². The van der Waals surface area contributed by atoms with Crippen LogP contribution < -0.4 is 11.3 Å². The van der Waals surface area contributed by atoms with Gasteiger partial charge in [-0.1, -0.05) is 0 Å². The van der Waals surface area contributed by atoms with Gasteiger partial charge in [-0.05, 0) is 108 Å². The van der Waals surface area contributed by atoms with Gasteiger partial charge in [-0.25, -0.2) is 20.2 Å². The number of carboxylic acid groups (broad SMARTS) is 1. The fraction of sp³-hybridized carbons (Fsp3) is 0.829. The Bertz CT molecular complexity index is 1180. The monoisotopic (exact) mass is 729 g/mol. The molecule has 0 aromatic heterocycles. The summed E-state index contributed by atoms with van der Waals surface area (Å²) in [5.41, 5.74) is 0.570. The Labute approximate surface area is 302 Å². The van der Waals surface area contributed by atoms with Crippen LogP contribution in [0.2, 0.25) is 0 Å². The van der Waals surface area contributed by atoms with Crippen LogP contribution >= 0.6 is 0 Å². The number of amides is 4. The minimum atomic E-state index is -0.840. The van der Waals surface area contributed by atoms with Crippen LogP contribution in [0.25, 0.3) is 0 Å². The van der Waals surface area contributed by atoms with Gasteiger partial charge in [-0.3, -0.25) is 19.8 Å². The molecule has 0 saturated carbocycles. The molecule has 3 fully saturated rings. The minimum Gasteiger partial charge on any atom is -0.481 e. The third kappa shape index (κ3) is 18.3. The van der Waals surface area contributed by atoms with Crippen molar-refractivity contribution in [1.82, 2.24) is 20.1 Å². The zero-order valence-electron chi connectivity index (χ0n) is 32.4. The quantitative estimate of drug-likeness (QED) is 0.120. The molecular weight excluding hydrogens is 666 g/mol. The summed E-state index contributed by atoms with van der Waals surface area (Å²) in [4.78, 5) is 73.9. The number of esters is 1. The number of carboxylic acids is 1. The van der Waals surface area contributed by atoms with E-state index in [2.05, 4.69) is 5.43 Å². The number of nitrogens with zero attached hydrogens (tertiary/aromatic N) is 3. The van der Waals surface area contributed by atoms with E-state index in [0.29, 0.717) is 45.8 Å². The summed E-state index contributed by atoms with van der Waals surface area (Å²) in [7, 11) is 0. The highest BCUT2D eigenvalue weighted by Crippen LogP contribution is 2.22. The standard InChI is InChI=1S/C13H23NO4.C11H21N3O3.C11H19NO4/c1-5-17-11(15)10-7-6-8-14(9-10)12(16)18-13(2,3)4;1-11(2,3)17-10(16)14-6-4-5-8(7-14)9(15)13-12;1-11(2,3)16-10(15)12-6-4-5-8(7-12)9(13)14/h10H,5-9H2,1-4H3;8H,4-7,12H2,1-3H3,(H,13,15);8H,4-7H2,1-3H3,(H,13,14)/t10-;2*8-/m111/s1. The van der Waals surface area contributed by atoms with Crippen molar-refractivity contribution >= 4 is 36.1 Å². The second-order valence-electron chi connectivity index (χ2n) is 15.9. The number of rotatable bonds is 4. The molecule has 0 unspecified atom stereocenters. The van der Waals surface area contributed by atoms with E-state index in [4.69, 9.17) is 29.9 Å².